The highest BCUT2D eigenvalue weighted by atomic mass is 16.5. The van der Waals surface area contributed by atoms with Gasteiger partial charge >= 0.3 is 0 Å². The minimum absolute atomic E-state index is 0.539. The maximum atomic E-state index is 5.34. The third-order valence-electron chi connectivity index (χ3n) is 4.99. The Morgan fingerprint density at radius 3 is 2.59 bits per heavy atom. The van der Waals surface area contributed by atoms with Crippen LogP contribution in [0.1, 0.15) is 43.5 Å². The molecular formula is C21H25N5O. The molecule has 1 aliphatic rings. The summed E-state index contributed by atoms with van der Waals surface area (Å²) in [5.41, 5.74) is 4.27. The summed E-state index contributed by atoms with van der Waals surface area (Å²) in [6.07, 6.45) is 10.0. The molecule has 1 aliphatic carbocycles. The summed E-state index contributed by atoms with van der Waals surface area (Å²) in [6.45, 7) is 2.56. The van der Waals surface area contributed by atoms with E-state index < -0.39 is 0 Å². The predicted molar refractivity (Wildman–Crippen MR) is 107 cm³/mol. The van der Waals surface area contributed by atoms with Crippen molar-refractivity contribution in [1.82, 2.24) is 15.1 Å². The SMILES string of the molecule is Cc1noc(-c2ccc(NC3CCCCC3)c(NCc3ccncc3)c2)n1. The van der Waals surface area contributed by atoms with Crippen molar-refractivity contribution in [2.75, 3.05) is 10.6 Å². The van der Waals surface area contributed by atoms with Crippen LogP contribution in [-0.4, -0.2) is 21.2 Å². The third kappa shape index (κ3) is 4.45. The Bertz CT molecular complexity index is 871. The molecule has 4 rings (SSSR count). The zero-order valence-corrected chi connectivity index (χ0v) is 15.6. The van der Waals surface area contributed by atoms with Gasteiger partial charge in [-0.1, -0.05) is 24.4 Å². The van der Waals surface area contributed by atoms with Crippen LogP contribution in [0.15, 0.2) is 47.2 Å². The topological polar surface area (TPSA) is 75.9 Å². The molecule has 0 bridgehead atoms. The molecule has 6 nitrogen and oxygen atoms in total. The number of aromatic nitrogens is 3. The Morgan fingerprint density at radius 2 is 1.85 bits per heavy atom. The second-order valence-electron chi connectivity index (χ2n) is 7.10. The lowest BCUT2D eigenvalue weighted by Gasteiger charge is -2.25. The second-order valence-corrected chi connectivity index (χ2v) is 7.10. The summed E-state index contributed by atoms with van der Waals surface area (Å²) in [6, 6.07) is 10.8. The first-order valence-electron chi connectivity index (χ1n) is 9.62. The van der Waals surface area contributed by atoms with Gasteiger partial charge in [0.05, 0.1) is 11.4 Å². The fourth-order valence-electron chi connectivity index (χ4n) is 3.53. The zero-order valence-electron chi connectivity index (χ0n) is 15.6. The van der Waals surface area contributed by atoms with Crippen LogP contribution in [0.5, 0.6) is 0 Å². The van der Waals surface area contributed by atoms with Crippen molar-refractivity contribution >= 4 is 11.4 Å². The number of nitrogens with zero attached hydrogens (tertiary/aromatic N) is 3. The van der Waals surface area contributed by atoms with E-state index in [-0.39, 0.29) is 0 Å². The van der Waals surface area contributed by atoms with Gasteiger partial charge in [0.25, 0.3) is 5.89 Å². The average molecular weight is 363 g/mol. The molecule has 0 aliphatic heterocycles. The van der Waals surface area contributed by atoms with Gasteiger partial charge in [0.2, 0.25) is 0 Å². The molecule has 0 unspecified atom stereocenters. The van der Waals surface area contributed by atoms with Crippen molar-refractivity contribution in [3.8, 4) is 11.5 Å². The van der Waals surface area contributed by atoms with Crippen molar-refractivity contribution in [2.45, 2.75) is 51.6 Å². The number of hydrogen-bond acceptors (Lipinski definition) is 6. The second kappa shape index (κ2) is 8.20. The number of pyridine rings is 1. The lowest BCUT2D eigenvalue weighted by molar-refractivity contribution is 0.425. The first-order valence-corrected chi connectivity index (χ1v) is 9.62. The van der Waals surface area contributed by atoms with Crippen molar-refractivity contribution < 1.29 is 4.52 Å². The smallest absolute Gasteiger partial charge is 0.257 e. The summed E-state index contributed by atoms with van der Waals surface area (Å²) < 4.78 is 5.34. The molecule has 27 heavy (non-hydrogen) atoms. The Balaban J connectivity index is 1.58. The number of nitrogens with one attached hydrogen (secondary N) is 2. The van der Waals surface area contributed by atoms with Crippen molar-refractivity contribution in [1.29, 1.82) is 0 Å². The summed E-state index contributed by atoms with van der Waals surface area (Å²) >= 11 is 0. The minimum Gasteiger partial charge on any atom is -0.381 e. The molecule has 0 atom stereocenters. The number of aryl methyl sites for hydroxylation is 1. The fraction of sp³-hybridized carbons (Fsp3) is 0.381. The largest absolute Gasteiger partial charge is 0.381 e. The van der Waals surface area contributed by atoms with E-state index in [4.69, 9.17) is 4.52 Å². The Morgan fingerprint density at radius 1 is 1.04 bits per heavy atom. The van der Waals surface area contributed by atoms with Crippen molar-refractivity contribution in [2.24, 2.45) is 0 Å². The van der Waals surface area contributed by atoms with E-state index in [0.29, 0.717) is 17.8 Å². The van der Waals surface area contributed by atoms with Gasteiger partial charge < -0.3 is 15.2 Å². The van der Waals surface area contributed by atoms with Crippen LogP contribution in [0.2, 0.25) is 0 Å². The number of rotatable bonds is 6. The quantitative estimate of drug-likeness (QED) is 0.655. The first kappa shape index (κ1) is 17.5. The van der Waals surface area contributed by atoms with Gasteiger partial charge in [-0.05, 0) is 55.7 Å². The van der Waals surface area contributed by atoms with Gasteiger partial charge in [-0.2, -0.15) is 4.98 Å². The number of benzene rings is 1. The van der Waals surface area contributed by atoms with Crippen LogP contribution >= 0.6 is 0 Å². The molecule has 1 aromatic carbocycles. The van der Waals surface area contributed by atoms with E-state index in [1.54, 1.807) is 0 Å². The zero-order chi connectivity index (χ0) is 18.5. The van der Waals surface area contributed by atoms with Crippen molar-refractivity contribution in [3.05, 3.63) is 54.1 Å². The fourth-order valence-corrected chi connectivity index (χ4v) is 3.53. The molecule has 2 aromatic heterocycles. The summed E-state index contributed by atoms with van der Waals surface area (Å²) in [5, 5.41) is 11.2. The average Bonchev–Trinajstić information content (AvgIpc) is 3.15. The van der Waals surface area contributed by atoms with Gasteiger partial charge in [0, 0.05) is 30.5 Å². The lowest BCUT2D eigenvalue weighted by atomic mass is 9.95. The normalized spacial score (nSPS) is 14.9. The standard InChI is InChI=1S/C21H25N5O/c1-15-24-21(27-26-15)17-7-8-19(25-18-5-3-2-4-6-18)20(13-17)23-14-16-9-11-22-12-10-16/h7-13,18,23,25H,2-6,14H2,1H3. The molecule has 2 heterocycles. The van der Waals surface area contributed by atoms with Gasteiger partial charge in [0.1, 0.15) is 0 Å². The first-order chi connectivity index (χ1) is 13.3. The lowest BCUT2D eigenvalue weighted by Crippen LogP contribution is -2.22. The summed E-state index contributed by atoms with van der Waals surface area (Å²) in [7, 11) is 0. The Hall–Kier alpha value is -2.89. The monoisotopic (exact) mass is 363 g/mol. The number of hydrogen-bond donors (Lipinski definition) is 2. The van der Waals surface area contributed by atoms with E-state index in [9.17, 15) is 0 Å². The summed E-state index contributed by atoms with van der Waals surface area (Å²) in [5.74, 6) is 1.18. The molecular weight excluding hydrogens is 338 g/mol. The van der Waals surface area contributed by atoms with Crippen LogP contribution in [0.25, 0.3) is 11.5 Å². The highest BCUT2D eigenvalue weighted by Crippen LogP contribution is 2.31. The van der Waals surface area contributed by atoms with Crippen LogP contribution in [0.3, 0.4) is 0 Å². The molecule has 0 spiro atoms. The summed E-state index contributed by atoms with van der Waals surface area (Å²) in [4.78, 5) is 8.44. The molecule has 3 aromatic rings. The van der Waals surface area contributed by atoms with Crippen LogP contribution < -0.4 is 10.6 Å². The van der Waals surface area contributed by atoms with Crippen LogP contribution in [0, 0.1) is 6.92 Å². The Labute approximate surface area is 159 Å². The molecule has 0 saturated heterocycles. The third-order valence-corrected chi connectivity index (χ3v) is 4.99. The van der Waals surface area contributed by atoms with Gasteiger partial charge in [-0.15, -0.1) is 0 Å². The van der Waals surface area contributed by atoms with Gasteiger partial charge in [-0.25, -0.2) is 0 Å². The van der Waals surface area contributed by atoms with E-state index in [1.165, 1.54) is 37.7 Å². The van der Waals surface area contributed by atoms with E-state index in [1.807, 2.05) is 37.5 Å². The maximum absolute atomic E-state index is 5.34. The molecule has 1 fully saturated rings. The molecule has 0 amide bonds. The molecule has 2 N–H and O–H groups in total. The maximum Gasteiger partial charge on any atom is 0.257 e. The number of anilines is 2. The van der Waals surface area contributed by atoms with E-state index in [2.05, 4.69) is 37.9 Å². The molecule has 6 heteroatoms. The minimum atomic E-state index is 0.539. The highest BCUT2D eigenvalue weighted by molar-refractivity contribution is 5.75. The van der Waals surface area contributed by atoms with E-state index >= 15 is 0 Å². The van der Waals surface area contributed by atoms with E-state index in [0.717, 1.165) is 23.5 Å². The highest BCUT2D eigenvalue weighted by Gasteiger charge is 2.16. The van der Waals surface area contributed by atoms with Crippen LogP contribution in [0.4, 0.5) is 11.4 Å². The molecule has 0 radical (unpaired) electrons. The van der Waals surface area contributed by atoms with Crippen LogP contribution in [-0.2, 0) is 6.54 Å². The Kier molecular flexibility index (Phi) is 5.32. The van der Waals surface area contributed by atoms with Crippen molar-refractivity contribution in [3.63, 3.8) is 0 Å². The van der Waals surface area contributed by atoms with Gasteiger partial charge in [-0.3, -0.25) is 4.98 Å². The predicted octanol–water partition coefficient (Wildman–Crippen LogP) is 4.80. The molecule has 1 saturated carbocycles. The van der Waals surface area contributed by atoms with Gasteiger partial charge in [0.15, 0.2) is 5.82 Å². The molecule has 140 valence electrons.